The molecule has 1 aromatic carbocycles. The van der Waals surface area contributed by atoms with Crippen LogP contribution in [0.25, 0.3) is 5.69 Å². The summed E-state index contributed by atoms with van der Waals surface area (Å²) in [7, 11) is 0. The normalized spacial score (nSPS) is 26.5. The Labute approximate surface area is 138 Å². The van der Waals surface area contributed by atoms with Crippen LogP contribution in [0.1, 0.15) is 36.0 Å². The van der Waals surface area contributed by atoms with Crippen molar-refractivity contribution in [1.82, 2.24) is 19.9 Å². The zero-order valence-corrected chi connectivity index (χ0v) is 13.2. The lowest BCUT2D eigenvalue weighted by atomic mass is 9.98. The average molecular weight is 335 g/mol. The Kier molecular flexibility index (Phi) is 3.37. The van der Waals surface area contributed by atoms with Gasteiger partial charge in [-0.05, 0) is 43.9 Å². The van der Waals surface area contributed by atoms with Gasteiger partial charge in [-0.1, -0.05) is 0 Å². The average Bonchev–Trinajstić information content (AvgIpc) is 2.98. The summed E-state index contributed by atoms with van der Waals surface area (Å²) in [5, 5.41) is 8.11. The first-order chi connectivity index (χ1) is 11.1. The Hall–Kier alpha value is -1.95. The maximum atomic E-state index is 13.8. The summed E-state index contributed by atoms with van der Waals surface area (Å²) >= 11 is 6.32. The molecule has 1 aliphatic carbocycles. The zero-order chi connectivity index (χ0) is 16.0. The Bertz CT molecular complexity index is 751. The fourth-order valence-corrected chi connectivity index (χ4v) is 3.99. The van der Waals surface area contributed by atoms with Gasteiger partial charge in [0.2, 0.25) is 0 Å². The van der Waals surface area contributed by atoms with Crippen molar-refractivity contribution in [2.45, 2.75) is 36.6 Å². The highest BCUT2D eigenvalue weighted by atomic mass is 35.5. The van der Waals surface area contributed by atoms with Crippen LogP contribution in [0.15, 0.2) is 30.6 Å². The van der Waals surface area contributed by atoms with Crippen molar-refractivity contribution in [2.24, 2.45) is 0 Å². The number of nitrogens with zero attached hydrogens (tertiary/aromatic N) is 4. The van der Waals surface area contributed by atoms with Gasteiger partial charge in [0.25, 0.3) is 5.91 Å². The number of amides is 1. The molecule has 5 nitrogen and oxygen atoms in total. The maximum absolute atomic E-state index is 13.8. The minimum atomic E-state index is -0.450. The lowest BCUT2D eigenvalue weighted by Gasteiger charge is -2.37. The third-order valence-corrected chi connectivity index (χ3v) is 5.36. The first kappa shape index (κ1) is 14.6. The van der Waals surface area contributed by atoms with Crippen molar-refractivity contribution in [3.8, 4) is 5.69 Å². The van der Waals surface area contributed by atoms with Gasteiger partial charge in [-0.2, -0.15) is 15.0 Å². The molecule has 1 spiro atoms. The maximum Gasteiger partial charge on any atom is 0.256 e. The van der Waals surface area contributed by atoms with Gasteiger partial charge in [-0.3, -0.25) is 4.79 Å². The highest BCUT2D eigenvalue weighted by Crippen LogP contribution is 2.52. The second-order valence-corrected chi connectivity index (χ2v) is 6.70. The minimum absolute atomic E-state index is 0.00779. The van der Waals surface area contributed by atoms with Gasteiger partial charge >= 0.3 is 0 Å². The molecule has 2 aliphatic rings. The van der Waals surface area contributed by atoms with Gasteiger partial charge in [-0.15, -0.1) is 11.6 Å². The van der Waals surface area contributed by atoms with Crippen LogP contribution in [-0.2, 0) is 0 Å². The number of alkyl halides is 1. The fourth-order valence-electron chi connectivity index (χ4n) is 3.49. The molecule has 120 valence electrons. The quantitative estimate of drug-likeness (QED) is 0.793. The minimum Gasteiger partial charge on any atom is -0.331 e. The van der Waals surface area contributed by atoms with Crippen molar-refractivity contribution < 1.29 is 9.18 Å². The van der Waals surface area contributed by atoms with Gasteiger partial charge in [0.05, 0.1) is 34.6 Å². The molecule has 2 fully saturated rings. The number of likely N-dealkylation sites (tertiary alicyclic amines) is 1. The predicted octanol–water partition coefficient (Wildman–Crippen LogP) is 2.78. The van der Waals surface area contributed by atoms with Gasteiger partial charge in [-0.25, -0.2) is 4.39 Å². The van der Waals surface area contributed by atoms with E-state index in [0.717, 1.165) is 25.7 Å². The second kappa shape index (κ2) is 5.30. The van der Waals surface area contributed by atoms with Crippen LogP contribution in [0.3, 0.4) is 0 Å². The molecule has 2 heterocycles. The van der Waals surface area contributed by atoms with Gasteiger partial charge in [0.15, 0.2) is 0 Å². The molecule has 0 unspecified atom stereocenters. The Morgan fingerprint density at radius 3 is 2.74 bits per heavy atom. The van der Waals surface area contributed by atoms with Crippen LogP contribution in [0.2, 0.25) is 0 Å². The number of benzene rings is 1. The number of carbonyl (C=O) groups is 1. The van der Waals surface area contributed by atoms with Gasteiger partial charge < -0.3 is 4.90 Å². The standard InChI is InChI=1S/C16H16ClFN4O/c17-14-10-16(14)5-1-2-8-21(16)15(23)12-9-11(18)3-4-13(12)22-19-6-7-20-22/h3-4,6-7,9,14H,1-2,5,8,10H2/t14-,16-/m0/s1. The predicted molar refractivity (Wildman–Crippen MR) is 83.2 cm³/mol. The van der Waals surface area contributed by atoms with Crippen LogP contribution in [0, 0.1) is 5.82 Å². The van der Waals surface area contributed by atoms with E-state index in [1.807, 2.05) is 4.90 Å². The summed E-state index contributed by atoms with van der Waals surface area (Å²) in [4.78, 5) is 16.3. The van der Waals surface area contributed by atoms with Crippen molar-refractivity contribution in [2.75, 3.05) is 6.54 Å². The second-order valence-electron chi connectivity index (χ2n) is 6.17. The molecule has 4 rings (SSSR count). The number of rotatable bonds is 2. The zero-order valence-electron chi connectivity index (χ0n) is 12.5. The van der Waals surface area contributed by atoms with Gasteiger partial charge in [0.1, 0.15) is 5.82 Å². The molecule has 1 saturated carbocycles. The van der Waals surface area contributed by atoms with Crippen molar-refractivity contribution in [3.05, 3.63) is 42.0 Å². The van der Waals surface area contributed by atoms with Crippen LogP contribution >= 0.6 is 11.6 Å². The van der Waals surface area contributed by atoms with E-state index >= 15 is 0 Å². The van der Waals surface area contributed by atoms with Crippen molar-refractivity contribution in [3.63, 3.8) is 0 Å². The molecule has 1 aromatic heterocycles. The number of carbonyl (C=O) groups excluding carboxylic acids is 1. The summed E-state index contributed by atoms with van der Waals surface area (Å²) in [6.45, 7) is 0.657. The molecular weight excluding hydrogens is 319 g/mol. The third-order valence-electron chi connectivity index (χ3n) is 4.80. The number of aromatic nitrogens is 3. The first-order valence-corrected chi connectivity index (χ1v) is 8.18. The molecule has 23 heavy (non-hydrogen) atoms. The third kappa shape index (κ3) is 2.32. The highest BCUT2D eigenvalue weighted by Gasteiger charge is 2.59. The van der Waals surface area contributed by atoms with Crippen LogP contribution in [0.5, 0.6) is 0 Å². The van der Waals surface area contributed by atoms with E-state index in [9.17, 15) is 9.18 Å². The number of hydrogen-bond donors (Lipinski definition) is 0. The van der Waals surface area contributed by atoms with Crippen LogP contribution < -0.4 is 0 Å². The van der Waals surface area contributed by atoms with E-state index in [1.54, 1.807) is 0 Å². The molecular formula is C16H16ClFN4O. The molecule has 0 bridgehead atoms. The summed E-state index contributed by atoms with van der Waals surface area (Å²) in [5.74, 6) is -0.645. The van der Waals surface area contributed by atoms with E-state index in [1.165, 1.54) is 35.4 Å². The van der Waals surface area contributed by atoms with Gasteiger partial charge in [0, 0.05) is 6.54 Å². The molecule has 7 heteroatoms. The molecule has 0 N–H and O–H groups in total. The smallest absolute Gasteiger partial charge is 0.256 e. The molecule has 1 aliphatic heterocycles. The molecule has 0 radical (unpaired) electrons. The van der Waals surface area contributed by atoms with Crippen molar-refractivity contribution in [1.29, 1.82) is 0 Å². The van der Waals surface area contributed by atoms with E-state index in [-0.39, 0.29) is 22.4 Å². The lowest BCUT2D eigenvalue weighted by molar-refractivity contribution is 0.0574. The number of halogens is 2. The molecule has 2 aromatic rings. The molecule has 2 atom stereocenters. The van der Waals surface area contributed by atoms with E-state index < -0.39 is 5.82 Å². The summed E-state index contributed by atoms with van der Waals surface area (Å²) in [6, 6.07) is 4.10. The number of hydrogen-bond acceptors (Lipinski definition) is 3. The van der Waals surface area contributed by atoms with Crippen LogP contribution in [0.4, 0.5) is 4.39 Å². The molecule has 1 saturated heterocycles. The lowest BCUT2D eigenvalue weighted by Crippen LogP contribution is -2.47. The monoisotopic (exact) mass is 334 g/mol. The van der Waals surface area contributed by atoms with E-state index in [0.29, 0.717) is 12.2 Å². The summed E-state index contributed by atoms with van der Waals surface area (Å²) in [6.07, 6.45) is 6.79. The van der Waals surface area contributed by atoms with Crippen molar-refractivity contribution >= 4 is 17.5 Å². The topological polar surface area (TPSA) is 51.0 Å². The van der Waals surface area contributed by atoms with Crippen LogP contribution in [-0.4, -0.2) is 43.3 Å². The molecule has 1 amide bonds. The Morgan fingerprint density at radius 2 is 2.04 bits per heavy atom. The fraction of sp³-hybridized carbons (Fsp3) is 0.438. The SMILES string of the molecule is O=C(c1cc(F)ccc1-n1nccn1)N1CCCC[C@@]12C[C@@H]2Cl. The summed E-state index contributed by atoms with van der Waals surface area (Å²) in [5.41, 5.74) is 0.505. The Balaban J connectivity index is 1.75. The highest BCUT2D eigenvalue weighted by molar-refractivity contribution is 6.24. The summed E-state index contributed by atoms with van der Waals surface area (Å²) < 4.78 is 13.8. The largest absolute Gasteiger partial charge is 0.331 e. The number of piperidine rings is 1. The van der Waals surface area contributed by atoms with E-state index in [2.05, 4.69) is 10.2 Å². The van der Waals surface area contributed by atoms with E-state index in [4.69, 9.17) is 11.6 Å². The first-order valence-electron chi connectivity index (χ1n) is 7.74. The Morgan fingerprint density at radius 1 is 1.30 bits per heavy atom.